The molecule has 0 fully saturated rings. The molecule has 0 saturated heterocycles. The lowest BCUT2D eigenvalue weighted by molar-refractivity contribution is 0.0767. The number of pyridine rings is 1. The van der Waals surface area contributed by atoms with E-state index in [9.17, 15) is 4.79 Å². The zero-order valence-corrected chi connectivity index (χ0v) is 13.9. The standard InChI is InChI=1S/C16H17Cl2N3O/c1-3-21(4-2)16(22)14-8-6-12(10-19-14)20-15-9-11(17)5-7-13(15)18/h5-10,20H,3-4H2,1-2H3. The van der Waals surface area contributed by atoms with Crippen molar-refractivity contribution in [1.82, 2.24) is 9.88 Å². The van der Waals surface area contributed by atoms with Crippen LogP contribution in [0.25, 0.3) is 0 Å². The molecule has 0 bridgehead atoms. The first-order valence-electron chi connectivity index (χ1n) is 7.02. The first-order valence-corrected chi connectivity index (χ1v) is 7.78. The van der Waals surface area contributed by atoms with Gasteiger partial charge in [-0.2, -0.15) is 0 Å². The van der Waals surface area contributed by atoms with Crippen LogP contribution in [0, 0.1) is 0 Å². The Morgan fingerprint density at radius 3 is 2.50 bits per heavy atom. The van der Waals surface area contributed by atoms with E-state index < -0.39 is 0 Å². The van der Waals surface area contributed by atoms with Crippen molar-refractivity contribution < 1.29 is 4.79 Å². The van der Waals surface area contributed by atoms with Gasteiger partial charge in [0.1, 0.15) is 5.69 Å². The second-order valence-corrected chi connectivity index (χ2v) is 5.50. The number of nitrogens with zero attached hydrogens (tertiary/aromatic N) is 2. The molecule has 1 aromatic carbocycles. The van der Waals surface area contributed by atoms with Crippen LogP contribution in [0.5, 0.6) is 0 Å². The summed E-state index contributed by atoms with van der Waals surface area (Å²) in [6.07, 6.45) is 1.61. The highest BCUT2D eigenvalue weighted by Crippen LogP contribution is 2.28. The SMILES string of the molecule is CCN(CC)C(=O)c1ccc(Nc2cc(Cl)ccc2Cl)cn1. The second-order valence-electron chi connectivity index (χ2n) is 4.66. The number of hydrogen-bond acceptors (Lipinski definition) is 3. The molecule has 4 nitrogen and oxygen atoms in total. The lowest BCUT2D eigenvalue weighted by Crippen LogP contribution is -2.31. The minimum atomic E-state index is -0.0719. The highest BCUT2D eigenvalue weighted by atomic mass is 35.5. The van der Waals surface area contributed by atoms with Crippen molar-refractivity contribution in [1.29, 1.82) is 0 Å². The summed E-state index contributed by atoms with van der Waals surface area (Å²) in [6, 6.07) is 8.67. The molecule has 0 saturated carbocycles. The molecule has 116 valence electrons. The van der Waals surface area contributed by atoms with Crippen LogP contribution >= 0.6 is 23.2 Å². The lowest BCUT2D eigenvalue weighted by atomic mass is 10.2. The molecule has 2 rings (SSSR count). The van der Waals surface area contributed by atoms with Crippen LogP contribution in [-0.2, 0) is 0 Å². The van der Waals surface area contributed by atoms with E-state index in [1.807, 2.05) is 13.8 Å². The summed E-state index contributed by atoms with van der Waals surface area (Å²) >= 11 is 12.1. The Morgan fingerprint density at radius 2 is 1.91 bits per heavy atom. The van der Waals surface area contributed by atoms with Gasteiger partial charge in [0.15, 0.2) is 0 Å². The van der Waals surface area contributed by atoms with Crippen LogP contribution in [0.15, 0.2) is 36.5 Å². The first kappa shape index (κ1) is 16.6. The molecule has 0 spiro atoms. The highest BCUT2D eigenvalue weighted by Gasteiger charge is 2.13. The van der Waals surface area contributed by atoms with E-state index in [0.29, 0.717) is 34.5 Å². The van der Waals surface area contributed by atoms with Crippen LogP contribution in [0.1, 0.15) is 24.3 Å². The second kappa shape index (κ2) is 7.47. The molecule has 0 aliphatic carbocycles. The Bertz CT molecular complexity index is 655. The predicted molar refractivity (Wildman–Crippen MR) is 91.2 cm³/mol. The van der Waals surface area contributed by atoms with Gasteiger partial charge in [-0.3, -0.25) is 4.79 Å². The van der Waals surface area contributed by atoms with E-state index in [2.05, 4.69) is 10.3 Å². The summed E-state index contributed by atoms with van der Waals surface area (Å²) in [4.78, 5) is 18.1. The van der Waals surface area contributed by atoms with Crippen LogP contribution in [-0.4, -0.2) is 28.9 Å². The number of halogens is 2. The van der Waals surface area contributed by atoms with Crippen molar-refractivity contribution in [3.63, 3.8) is 0 Å². The average molecular weight is 338 g/mol. The molecule has 6 heteroatoms. The number of carbonyl (C=O) groups excluding carboxylic acids is 1. The van der Waals surface area contributed by atoms with Crippen molar-refractivity contribution in [2.24, 2.45) is 0 Å². The quantitative estimate of drug-likeness (QED) is 0.866. The predicted octanol–water partition coefficient (Wildman–Crippen LogP) is 4.61. The molecule has 2 aromatic rings. The Labute approximate surface area is 140 Å². The number of amides is 1. The van der Waals surface area contributed by atoms with E-state index in [0.717, 1.165) is 5.69 Å². The fourth-order valence-electron chi connectivity index (χ4n) is 2.02. The van der Waals surface area contributed by atoms with Gasteiger partial charge in [-0.25, -0.2) is 4.98 Å². The van der Waals surface area contributed by atoms with Gasteiger partial charge in [-0.1, -0.05) is 23.2 Å². The number of benzene rings is 1. The zero-order valence-electron chi connectivity index (χ0n) is 12.4. The van der Waals surface area contributed by atoms with E-state index in [1.165, 1.54) is 0 Å². The number of nitrogens with one attached hydrogen (secondary N) is 1. The fourth-order valence-corrected chi connectivity index (χ4v) is 2.35. The van der Waals surface area contributed by atoms with E-state index >= 15 is 0 Å². The number of hydrogen-bond donors (Lipinski definition) is 1. The molecule has 0 unspecified atom stereocenters. The van der Waals surface area contributed by atoms with Gasteiger partial charge in [-0.15, -0.1) is 0 Å². The topological polar surface area (TPSA) is 45.2 Å². The van der Waals surface area contributed by atoms with Crippen molar-refractivity contribution in [3.8, 4) is 0 Å². The molecule has 1 aromatic heterocycles. The van der Waals surface area contributed by atoms with Gasteiger partial charge in [0.2, 0.25) is 0 Å². The third-order valence-corrected chi connectivity index (χ3v) is 3.81. The Morgan fingerprint density at radius 1 is 1.18 bits per heavy atom. The molecular weight excluding hydrogens is 321 g/mol. The van der Waals surface area contributed by atoms with Crippen molar-refractivity contribution >= 4 is 40.5 Å². The van der Waals surface area contributed by atoms with Gasteiger partial charge in [0, 0.05) is 18.1 Å². The largest absolute Gasteiger partial charge is 0.353 e. The number of aromatic nitrogens is 1. The first-order chi connectivity index (χ1) is 10.5. The molecule has 1 N–H and O–H groups in total. The summed E-state index contributed by atoms with van der Waals surface area (Å²) in [5.41, 5.74) is 1.85. The number of rotatable bonds is 5. The van der Waals surface area contributed by atoms with E-state index in [1.54, 1.807) is 41.4 Å². The molecular formula is C16H17Cl2N3O. The summed E-state index contributed by atoms with van der Waals surface area (Å²) in [5.74, 6) is -0.0719. The van der Waals surface area contributed by atoms with Crippen molar-refractivity contribution in [2.75, 3.05) is 18.4 Å². The van der Waals surface area contributed by atoms with Crippen molar-refractivity contribution in [3.05, 3.63) is 52.3 Å². The minimum absolute atomic E-state index is 0.0719. The van der Waals surface area contributed by atoms with Crippen molar-refractivity contribution in [2.45, 2.75) is 13.8 Å². The van der Waals surface area contributed by atoms with Crippen LogP contribution in [0.3, 0.4) is 0 Å². The third kappa shape index (κ3) is 3.90. The zero-order chi connectivity index (χ0) is 16.1. The summed E-state index contributed by atoms with van der Waals surface area (Å²) in [5, 5.41) is 4.29. The maximum Gasteiger partial charge on any atom is 0.272 e. The van der Waals surface area contributed by atoms with Gasteiger partial charge in [0.05, 0.1) is 22.6 Å². The number of anilines is 2. The normalized spacial score (nSPS) is 10.4. The molecule has 0 atom stereocenters. The molecule has 0 aliphatic heterocycles. The molecule has 1 heterocycles. The summed E-state index contributed by atoms with van der Waals surface area (Å²) < 4.78 is 0. The van der Waals surface area contributed by atoms with Gasteiger partial charge in [0.25, 0.3) is 5.91 Å². The van der Waals surface area contributed by atoms with Crippen LogP contribution in [0.2, 0.25) is 10.0 Å². The maximum atomic E-state index is 12.2. The Kier molecular flexibility index (Phi) is 5.63. The van der Waals surface area contributed by atoms with E-state index in [4.69, 9.17) is 23.2 Å². The summed E-state index contributed by atoms with van der Waals surface area (Å²) in [6.45, 7) is 5.21. The fraction of sp³-hybridized carbons (Fsp3) is 0.250. The molecule has 1 amide bonds. The minimum Gasteiger partial charge on any atom is -0.353 e. The Balaban J connectivity index is 2.15. The highest BCUT2D eigenvalue weighted by molar-refractivity contribution is 6.35. The van der Waals surface area contributed by atoms with Gasteiger partial charge >= 0.3 is 0 Å². The Hall–Kier alpha value is -1.78. The third-order valence-electron chi connectivity index (χ3n) is 3.24. The van der Waals surface area contributed by atoms with Gasteiger partial charge in [-0.05, 0) is 44.2 Å². The van der Waals surface area contributed by atoms with Crippen LogP contribution < -0.4 is 5.32 Å². The van der Waals surface area contributed by atoms with Gasteiger partial charge < -0.3 is 10.2 Å². The smallest absolute Gasteiger partial charge is 0.272 e. The average Bonchev–Trinajstić information content (AvgIpc) is 2.53. The molecule has 0 radical (unpaired) electrons. The number of carbonyl (C=O) groups is 1. The monoisotopic (exact) mass is 337 g/mol. The van der Waals surface area contributed by atoms with E-state index in [-0.39, 0.29) is 5.91 Å². The van der Waals surface area contributed by atoms with Crippen LogP contribution in [0.4, 0.5) is 11.4 Å². The molecule has 22 heavy (non-hydrogen) atoms. The maximum absolute atomic E-state index is 12.2. The molecule has 0 aliphatic rings. The summed E-state index contributed by atoms with van der Waals surface area (Å²) in [7, 11) is 0. The lowest BCUT2D eigenvalue weighted by Gasteiger charge is -2.18.